The predicted molar refractivity (Wildman–Crippen MR) is 121 cm³/mol. The topological polar surface area (TPSA) is 94.4 Å². The second-order valence-corrected chi connectivity index (χ2v) is 7.03. The molecule has 0 fully saturated rings. The third-order valence-corrected chi connectivity index (χ3v) is 4.79. The van der Waals surface area contributed by atoms with Gasteiger partial charge in [-0.25, -0.2) is 4.79 Å². The van der Waals surface area contributed by atoms with Gasteiger partial charge in [0.1, 0.15) is 0 Å². The van der Waals surface area contributed by atoms with Gasteiger partial charge in [-0.15, -0.1) is 0 Å². The molecule has 32 heavy (non-hydrogen) atoms. The van der Waals surface area contributed by atoms with Gasteiger partial charge in [-0.1, -0.05) is 30.2 Å². The minimum atomic E-state index is -0.467. The molecule has 1 aromatic heterocycles. The van der Waals surface area contributed by atoms with Gasteiger partial charge < -0.3 is 10.1 Å². The van der Waals surface area contributed by atoms with Gasteiger partial charge in [-0.05, 0) is 50.2 Å². The summed E-state index contributed by atoms with van der Waals surface area (Å²) in [5, 5.41) is 14.2. The van der Waals surface area contributed by atoms with Gasteiger partial charge in [0.15, 0.2) is 6.61 Å². The Hall–Kier alpha value is -4.36. The number of esters is 1. The Morgan fingerprint density at radius 3 is 2.75 bits per heavy atom. The number of nitrogens with zero attached hydrogens (tertiary/aromatic N) is 2. The van der Waals surface area contributed by atoms with Crippen LogP contribution in [0.5, 0.6) is 0 Å². The molecule has 0 saturated heterocycles. The van der Waals surface area contributed by atoms with Crippen molar-refractivity contribution in [3.05, 3.63) is 81.3 Å². The van der Waals surface area contributed by atoms with Crippen LogP contribution in [0.25, 0.3) is 11.3 Å². The minimum Gasteiger partial charge on any atom is -0.449 e. The van der Waals surface area contributed by atoms with Crippen molar-refractivity contribution in [1.29, 1.82) is 0 Å². The molecule has 1 N–H and O–H groups in total. The molecule has 0 radical (unpaired) electrons. The van der Waals surface area contributed by atoms with E-state index in [0.717, 1.165) is 11.3 Å². The molecule has 1 aromatic carbocycles. The molecule has 7 heteroatoms. The first-order valence-corrected chi connectivity index (χ1v) is 9.84. The van der Waals surface area contributed by atoms with Gasteiger partial charge in [0.25, 0.3) is 5.69 Å². The van der Waals surface area contributed by atoms with Gasteiger partial charge in [0.05, 0.1) is 16.2 Å². The van der Waals surface area contributed by atoms with Crippen molar-refractivity contribution in [3.63, 3.8) is 0 Å². The van der Waals surface area contributed by atoms with E-state index in [9.17, 15) is 14.9 Å². The summed E-state index contributed by atoms with van der Waals surface area (Å²) in [5.74, 6) is 9.73. The van der Waals surface area contributed by atoms with Crippen LogP contribution in [0.4, 0.5) is 5.69 Å². The van der Waals surface area contributed by atoms with Gasteiger partial charge in [0, 0.05) is 41.2 Å². The zero-order valence-corrected chi connectivity index (χ0v) is 17.9. The Kier molecular flexibility index (Phi) is 7.05. The minimum absolute atomic E-state index is 0.00176. The highest BCUT2D eigenvalue weighted by atomic mass is 16.6. The van der Waals surface area contributed by atoms with Crippen molar-refractivity contribution >= 4 is 11.7 Å². The second kappa shape index (κ2) is 10.1. The van der Waals surface area contributed by atoms with Crippen LogP contribution in [0.15, 0.2) is 65.6 Å². The van der Waals surface area contributed by atoms with E-state index in [-0.39, 0.29) is 18.2 Å². The van der Waals surface area contributed by atoms with E-state index in [1.165, 1.54) is 12.1 Å². The molecule has 0 amide bonds. The normalized spacial score (nSPS) is 14.7. The number of pyridine rings is 1. The van der Waals surface area contributed by atoms with Crippen LogP contribution in [0.1, 0.15) is 32.3 Å². The van der Waals surface area contributed by atoms with Gasteiger partial charge in [0.2, 0.25) is 0 Å². The van der Waals surface area contributed by atoms with Gasteiger partial charge in [-0.3, -0.25) is 15.1 Å². The maximum absolute atomic E-state index is 12.8. The maximum Gasteiger partial charge on any atom is 0.337 e. The monoisotopic (exact) mass is 427 g/mol. The summed E-state index contributed by atoms with van der Waals surface area (Å²) in [7, 11) is 0. The first-order chi connectivity index (χ1) is 15.4. The number of rotatable bonds is 5. The highest BCUT2D eigenvalue weighted by Gasteiger charge is 2.28. The van der Waals surface area contributed by atoms with Crippen molar-refractivity contribution in [3.8, 4) is 34.9 Å². The average Bonchev–Trinajstić information content (AvgIpc) is 2.78. The van der Waals surface area contributed by atoms with Crippen molar-refractivity contribution < 1.29 is 14.5 Å². The van der Waals surface area contributed by atoms with Crippen LogP contribution in [-0.4, -0.2) is 22.5 Å². The number of benzene rings is 1. The smallest absolute Gasteiger partial charge is 0.337 e. The summed E-state index contributed by atoms with van der Waals surface area (Å²) in [4.78, 5) is 27.9. The number of ether oxygens (including phenoxy) is 1. The summed E-state index contributed by atoms with van der Waals surface area (Å²) in [6, 6.07) is 9.95. The molecule has 0 aliphatic carbocycles. The van der Waals surface area contributed by atoms with Crippen LogP contribution in [0.2, 0.25) is 0 Å². The lowest BCUT2D eigenvalue weighted by Crippen LogP contribution is -2.25. The zero-order chi connectivity index (χ0) is 23.1. The van der Waals surface area contributed by atoms with E-state index < -0.39 is 10.9 Å². The zero-order valence-electron chi connectivity index (χ0n) is 17.9. The number of nitro benzene ring substituents is 1. The quantitative estimate of drug-likeness (QED) is 0.334. The van der Waals surface area contributed by atoms with Crippen molar-refractivity contribution in [2.75, 3.05) is 6.61 Å². The number of allylic oxidation sites excluding steroid dienone is 3. The lowest BCUT2D eigenvalue weighted by Gasteiger charge is -2.25. The molecule has 3 rings (SSSR count). The molecule has 2 aromatic rings. The fourth-order valence-corrected chi connectivity index (χ4v) is 3.38. The largest absolute Gasteiger partial charge is 0.449 e. The number of nitro groups is 1. The van der Waals surface area contributed by atoms with E-state index in [4.69, 9.17) is 4.74 Å². The summed E-state index contributed by atoms with van der Waals surface area (Å²) < 4.78 is 5.32. The van der Waals surface area contributed by atoms with Gasteiger partial charge >= 0.3 is 5.97 Å². The molecule has 2 heterocycles. The summed E-state index contributed by atoms with van der Waals surface area (Å²) in [5.41, 5.74) is 4.13. The molecule has 0 spiro atoms. The third kappa shape index (κ3) is 5.21. The molecular weight excluding hydrogens is 406 g/mol. The highest BCUT2D eigenvalue weighted by molar-refractivity contribution is 5.92. The van der Waals surface area contributed by atoms with Crippen LogP contribution >= 0.6 is 0 Å². The number of non-ortho nitro benzene ring substituents is 1. The maximum atomic E-state index is 12.8. The number of dihydropyridines is 1. The lowest BCUT2D eigenvalue weighted by atomic mass is 9.87. The van der Waals surface area contributed by atoms with Crippen LogP contribution in [0, 0.1) is 33.8 Å². The average molecular weight is 427 g/mol. The molecule has 1 unspecified atom stereocenters. The van der Waals surface area contributed by atoms with E-state index >= 15 is 0 Å². The van der Waals surface area contributed by atoms with Crippen LogP contribution < -0.4 is 5.32 Å². The molecule has 0 saturated carbocycles. The Morgan fingerprint density at radius 1 is 1.25 bits per heavy atom. The summed E-state index contributed by atoms with van der Waals surface area (Å²) >= 11 is 0. The first-order valence-electron chi connectivity index (χ1n) is 9.84. The molecule has 0 bridgehead atoms. The highest BCUT2D eigenvalue weighted by Crippen LogP contribution is 2.33. The SMILES string of the molecule is CC#CC#CCOC(=O)C1=C(C)NC(C)=CC1c1ccc(-c2cccc([N+](=O)[O-])c2)nc1. The predicted octanol–water partition coefficient (Wildman–Crippen LogP) is 4.09. The summed E-state index contributed by atoms with van der Waals surface area (Å²) in [6.45, 7) is 5.36. The molecule has 1 atom stereocenters. The number of hydrogen-bond acceptors (Lipinski definition) is 6. The van der Waals surface area contributed by atoms with Crippen LogP contribution in [-0.2, 0) is 9.53 Å². The van der Waals surface area contributed by atoms with E-state index in [1.54, 1.807) is 31.3 Å². The Labute approximate surface area is 186 Å². The Morgan fingerprint density at radius 2 is 2.06 bits per heavy atom. The Bertz CT molecular complexity index is 1240. The number of carbonyl (C=O) groups is 1. The third-order valence-electron chi connectivity index (χ3n) is 4.79. The molecular formula is C25H21N3O4. The molecule has 7 nitrogen and oxygen atoms in total. The van der Waals surface area contributed by atoms with Crippen molar-refractivity contribution in [2.45, 2.75) is 26.7 Å². The lowest BCUT2D eigenvalue weighted by molar-refractivity contribution is -0.384. The van der Waals surface area contributed by atoms with E-state index in [2.05, 4.69) is 34.0 Å². The molecule has 160 valence electrons. The fourth-order valence-electron chi connectivity index (χ4n) is 3.38. The standard InChI is InChI=1S/C25H21N3O4/c1-4-5-6-7-13-32-25(29)24-18(3)27-17(2)14-22(24)20-11-12-23(26-16-20)19-9-8-10-21(15-19)28(30)31/h8-12,14-16,22,27H,13H2,1-3H3. The number of hydrogen-bond donors (Lipinski definition) is 1. The molecule has 1 aliphatic heterocycles. The van der Waals surface area contributed by atoms with Crippen molar-refractivity contribution in [2.24, 2.45) is 0 Å². The summed E-state index contributed by atoms with van der Waals surface area (Å²) in [6.07, 6.45) is 3.60. The van der Waals surface area contributed by atoms with Crippen molar-refractivity contribution in [1.82, 2.24) is 10.3 Å². The second-order valence-electron chi connectivity index (χ2n) is 7.03. The van der Waals surface area contributed by atoms with E-state index in [1.807, 2.05) is 26.0 Å². The van der Waals surface area contributed by atoms with E-state index in [0.29, 0.717) is 22.5 Å². The number of carbonyl (C=O) groups excluding carboxylic acids is 1. The first kappa shape index (κ1) is 22.3. The van der Waals surface area contributed by atoms with Gasteiger partial charge in [-0.2, -0.15) is 0 Å². The fraction of sp³-hybridized carbons (Fsp3) is 0.200. The number of aromatic nitrogens is 1. The van der Waals surface area contributed by atoms with Crippen LogP contribution in [0.3, 0.4) is 0 Å². The Balaban J connectivity index is 1.87. The number of nitrogens with one attached hydrogen (secondary N) is 1. The molecule has 1 aliphatic rings.